The van der Waals surface area contributed by atoms with Crippen LogP contribution < -0.4 is 19.4 Å². The van der Waals surface area contributed by atoms with Gasteiger partial charge >= 0.3 is 0 Å². The Morgan fingerprint density at radius 3 is 2.52 bits per heavy atom. The summed E-state index contributed by atoms with van der Waals surface area (Å²) in [4.78, 5) is 12.6. The largest absolute Gasteiger partial charge is 0.497 e. The molecule has 1 aromatic heterocycles. The monoisotopic (exact) mass is 365 g/mol. The minimum atomic E-state index is -0.0601. The molecule has 2 aliphatic heterocycles. The Balaban J connectivity index is 1.72. The first-order chi connectivity index (χ1) is 13.1. The van der Waals surface area contributed by atoms with Gasteiger partial charge in [-0.05, 0) is 5.10 Å². The van der Waals surface area contributed by atoms with Crippen LogP contribution in [-0.4, -0.2) is 42.3 Å². The van der Waals surface area contributed by atoms with Gasteiger partial charge in [-0.2, -0.15) is 4.99 Å². The number of rotatable bonds is 4. The molecule has 0 aliphatic carbocycles. The van der Waals surface area contributed by atoms with Crippen LogP contribution in [0.25, 0.3) is 0 Å². The molecule has 0 saturated carbocycles. The quantitative estimate of drug-likeness (QED) is 0.811. The highest BCUT2D eigenvalue weighted by molar-refractivity contribution is 6.38. The van der Waals surface area contributed by atoms with Crippen molar-refractivity contribution in [3.05, 3.63) is 48.9 Å². The average Bonchev–Trinajstić information content (AvgIpc) is 3.07. The summed E-state index contributed by atoms with van der Waals surface area (Å²) in [6.07, 6.45) is 6.62. The molecule has 136 valence electrons. The molecule has 1 unspecified atom stereocenters. The van der Waals surface area contributed by atoms with Crippen molar-refractivity contribution in [3.63, 3.8) is 0 Å². The number of aromatic nitrogens is 1. The van der Waals surface area contributed by atoms with Crippen molar-refractivity contribution >= 4 is 29.4 Å². The SMILES string of the molecule is COc1cc(NC2=N[N+]3(c4ccc(O)nc4)C=CN=CC3=N2)cc(OC)c1. The second-order valence-corrected chi connectivity index (χ2v) is 5.76. The van der Waals surface area contributed by atoms with Gasteiger partial charge in [-0.3, -0.25) is 4.99 Å². The van der Waals surface area contributed by atoms with E-state index in [0.717, 1.165) is 5.69 Å². The molecule has 2 aromatic rings. The first-order valence-corrected chi connectivity index (χ1v) is 8.08. The molecule has 27 heavy (non-hydrogen) atoms. The van der Waals surface area contributed by atoms with Gasteiger partial charge in [-0.25, -0.2) is 4.98 Å². The molecule has 0 amide bonds. The Bertz CT molecular complexity index is 974. The number of benzene rings is 1. The summed E-state index contributed by atoms with van der Waals surface area (Å²) in [6, 6.07) is 8.66. The number of aromatic hydroxyl groups is 1. The minimum absolute atomic E-state index is 0.0276. The maximum atomic E-state index is 9.47. The highest BCUT2D eigenvalue weighted by Crippen LogP contribution is 2.32. The lowest BCUT2D eigenvalue weighted by Gasteiger charge is -2.23. The fourth-order valence-electron chi connectivity index (χ4n) is 2.80. The van der Waals surface area contributed by atoms with Gasteiger partial charge < -0.3 is 19.9 Å². The fraction of sp³-hybridized carbons (Fsp3) is 0.111. The lowest BCUT2D eigenvalue weighted by Crippen LogP contribution is -2.44. The van der Waals surface area contributed by atoms with E-state index in [1.165, 1.54) is 6.07 Å². The third-order valence-electron chi connectivity index (χ3n) is 4.11. The van der Waals surface area contributed by atoms with E-state index in [4.69, 9.17) is 14.6 Å². The van der Waals surface area contributed by atoms with Crippen molar-refractivity contribution in [1.29, 1.82) is 0 Å². The topological polar surface area (TPSA) is 101 Å². The van der Waals surface area contributed by atoms with E-state index >= 15 is 0 Å². The molecule has 1 aromatic carbocycles. The number of pyridine rings is 1. The van der Waals surface area contributed by atoms with Crippen molar-refractivity contribution in [3.8, 4) is 17.4 Å². The van der Waals surface area contributed by atoms with E-state index in [1.54, 1.807) is 51.2 Å². The zero-order chi connectivity index (χ0) is 18.9. The lowest BCUT2D eigenvalue weighted by molar-refractivity contribution is 0.395. The Morgan fingerprint density at radius 2 is 1.85 bits per heavy atom. The van der Waals surface area contributed by atoms with Crippen LogP contribution in [-0.2, 0) is 0 Å². The Hall–Kier alpha value is -3.72. The maximum absolute atomic E-state index is 9.47. The Morgan fingerprint density at radius 1 is 1.07 bits per heavy atom. The smallest absolute Gasteiger partial charge is 0.287 e. The van der Waals surface area contributed by atoms with Crippen molar-refractivity contribution in [2.45, 2.75) is 0 Å². The van der Waals surface area contributed by atoms with Crippen LogP contribution in [0.1, 0.15) is 0 Å². The summed E-state index contributed by atoms with van der Waals surface area (Å²) >= 11 is 0. The summed E-state index contributed by atoms with van der Waals surface area (Å²) in [5.74, 6) is 2.23. The maximum Gasteiger partial charge on any atom is 0.287 e. The zero-order valence-electron chi connectivity index (χ0n) is 14.7. The van der Waals surface area contributed by atoms with E-state index < -0.39 is 0 Å². The number of nitrogens with zero attached hydrogens (tertiary/aromatic N) is 5. The van der Waals surface area contributed by atoms with Crippen LogP contribution >= 0.6 is 0 Å². The van der Waals surface area contributed by atoms with E-state index in [0.29, 0.717) is 29.0 Å². The number of fused-ring (bicyclic) bond motifs is 1. The van der Waals surface area contributed by atoms with Gasteiger partial charge in [0.2, 0.25) is 5.88 Å². The van der Waals surface area contributed by atoms with Crippen molar-refractivity contribution in [2.24, 2.45) is 15.1 Å². The summed E-state index contributed by atoms with van der Waals surface area (Å²) in [5.41, 5.74) is 1.44. The summed E-state index contributed by atoms with van der Waals surface area (Å²) in [5, 5.41) is 17.4. The number of hydrogen-bond acceptors (Lipinski definition) is 8. The second-order valence-electron chi connectivity index (χ2n) is 5.76. The number of nitrogens with one attached hydrogen (secondary N) is 1. The molecule has 2 aliphatic rings. The molecule has 1 atom stereocenters. The lowest BCUT2D eigenvalue weighted by atomic mass is 10.3. The third-order valence-corrected chi connectivity index (χ3v) is 4.11. The standard InChI is InChI=1S/C18H16N6O3/c1-26-14-7-12(8-15(9-14)27-2)21-18-22-16-11-19-5-6-24(16,23-18)13-3-4-17(25)20-10-13/h3-11H,1-2H3,(H-,20,21,23,25)/p+1. The van der Waals surface area contributed by atoms with Crippen molar-refractivity contribution in [1.82, 2.24) is 9.58 Å². The molecular formula is C18H17N6O3+. The van der Waals surface area contributed by atoms with Gasteiger partial charge in [0.15, 0.2) is 11.9 Å². The zero-order valence-corrected chi connectivity index (χ0v) is 14.7. The highest BCUT2D eigenvalue weighted by atomic mass is 16.5. The van der Waals surface area contributed by atoms with Crippen LogP contribution in [0.2, 0.25) is 0 Å². The Kier molecular flexibility index (Phi) is 4.05. The first kappa shape index (κ1) is 16.7. The summed E-state index contributed by atoms with van der Waals surface area (Å²) in [6.45, 7) is 0. The third kappa shape index (κ3) is 3.00. The predicted octanol–water partition coefficient (Wildman–Crippen LogP) is 2.46. The van der Waals surface area contributed by atoms with E-state index in [2.05, 4.69) is 20.3 Å². The molecule has 9 heteroatoms. The van der Waals surface area contributed by atoms with Crippen molar-refractivity contribution in [2.75, 3.05) is 19.5 Å². The Labute approximate surface area is 155 Å². The molecule has 0 spiro atoms. The molecule has 0 radical (unpaired) electrons. The van der Waals surface area contributed by atoms with E-state index in [1.807, 2.05) is 12.1 Å². The molecule has 0 fully saturated rings. The van der Waals surface area contributed by atoms with E-state index in [9.17, 15) is 5.11 Å². The fourth-order valence-corrected chi connectivity index (χ4v) is 2.80. The number of amidine groups is 1. The normalized spacial score (nSPS) is 19.9. The van der Waals surface area contributed by atoms with Gasteiger partial charge in [-0.15, -0.1) is 0 Å². The van der Waals surface area contributed by atoms with Crippen LogP contribution in [0.15, 0.2) is 64.0 Å². The molecular weight excluding hydrogens is 348 g/mol. The van der Waals surface area contributed by atoms with Crippen LogP contribution in [0, 0.1) is 0 Å². The van der Waals surface area contributed by atoms with Gasteiger partial charge in [-0.1, -0.05) is 4.59 Å². The first-order valence-electron chi connectivity index (χ1n) is 8.08. The minimum Gasteiger partial charge on any atom is -0.497 e. The molecule has 0 saturated heterocycles. The highest BCUT2D eigenvalue weighted by Gasteiger charge is 2.43. The summed E-state index contributed by atoms with van der Waals surface area (Å²) in [7, 11) is 3.18. The van der Waals surface area contributed by atoms with Crippen molar-refractivity contribution < 1.29 is 14.6 Å². The van der Waals surface area contributed by atoms with Crippen LogP contribution in [0.4, 0.5) is 11.4 Å². The number of quaternary nitrogens is 1. The molecule has 3 heterocycles. The second kappa shape index (κ2) is 6.54. The van der Waals surface area contributed by atoms with Gasteiger partial charge in [0.05, 0.1) is 26.6 Å². The molecule has 2 N–H and O–H groups in total. The number of anilines is 1. The van der Waals surface area contributed by atoms with E-state index in [-0.39, 0.29) is 10.5 Å². The number of aliphatic imine (C=N–C) groups is 2. The molecule has 9 nitrogen and oxygen atoms in total. The number of methoxy groups -OCH3 is 2. The number of guanidine groups is 1. The van der Waals surface area contributed by atoms with Gasteiger partial charge in [0.25, 0.3) is 11.8 Å². The van der Waals surface area contributed by atoms with Crippen LogP contribution in [0.5, 0.6) is 17.4 Å². The molecule has 0 bridgehead atoms. The number of ether oxygens (including phenoxy) is 2. The predicted molar refractivity (Wildman–Crippen MR) is 103 cm³/mol. The number of hydrogen-bond donors (Lipinski definition) is 2. The van der Waals surface area contributed by atoms with Gasteiger partial charge in [0, 0.05) is 36.0 Å². The summed E-state index contributed by atoms with van der Waals surface area (Å²) < 4.78 is 10.6. The molecule has 4 rings (SSSR count). The average molecular weight is 365 g/mol. The van der Waals surface area contributed by atoms with Gasteiger partial charge in [0.1, 0.15) is 17.7 Å². The van der Waals surface area contributed by atoms with Crippen LogP contribution in [0.3, 0.4) is 0 Å².